The molecule has 0 aromatic rings. The second-order valence-electron chi connectivity index (χ2n) is 4.31. The SMILES string of the molecule is NC1C2C=CC1C1C(=O)C=CC(=O)C21. The number of fused-ring (bicyclic) bond motifs is 5. The molecule has 0 heterocycles. The highest BCUT2D eigenvalue weighted by Gasteiger charge is 2.55. The molecule has 72 valence electrons. The predicted molar refractivity (Wildman–Crippen MR) is 50.2 cm³/mol. The maximum absolute atomic E-state index is 11.6. The molecule has 3 aliphatic rings. The van der Waals surface area contributed by atoms with Crippen LogP contribution in [-0.4, -0.2) is 17.6 Å². The molecule has 1 fully saturated rings. The lowest BCUT2D eigenvalue weighted by Crippen LogP contribution is -2.34. The molecule has 0 amide bonds. The molecule has 1 saturated carbocycles. The van der Waals surface area contributed by atoms with E-state index in [4.69, 9.17) is 5.73 Å². The number of carbonyl (C=O) groups is 2. The zero-order valence-corrected chi connectivity index (χ0v) is 7.59. The van der Waals surface area contributed by atoms with E-state index in [0.717, 1.165) is 0 Å². The average Bonchev–Trinajstić information content (AvgIpc) is 2.67. The summed E-state index contributed by atoms with van der Waals surface area (Å²) >= 11 is 0. The van der Waals surface area contributed by atoms with Gasteiger partial charge in [-0.1, -0.05) is 12.2 Å². The third kappa shape index (κ3) is 0.762. The molecule has 0 aromatic carbocycles. The van der Waals surface area contributed by atoms with Crippen molar-refractivity contribution in [2.75, 3.05) is 0 Å². The molecule has 0 saturated heterocycles. The number of hydrogen-bond donors (Lipinski definition) is 1. The quantitative estimate of drug-likeness (QED) is 0.548. The Morgan fingerprint density at radius 2 is 1.36 bits per heavy atom. The Bertz CT molecular complexity index is 349. The number of nitrogens with two attached hydrogens (primary N) is 1. The summed E-state index contributed by atoms with van der Waals surface area (Å²) < 4.78 is 0. The maximum atomic E-state index is 11.6. The number of carbonyl (C=O) groups excluding carboxylic acids is 2. The average molecular weight is 189 g/mol. The predicted octanol–water partition coefficient (Wildman–Crippen LogP) is 0.0699. The highest BCUT2D eigenvalue weighted by atomic mass is 16.1. The monoisotopic (exact) mass is 189 g/mol. The minimum atomic E-state index is -0.169. The van der Waals surface area contributed by atoms with Gasteiger partial charge >= 0.3 is 0 Å². The Balaban J connectivity index is 2.10. The molecule has 14 heavy (non-hydrogen) atoms. The van der Waals surface area contributed by atoms with Crippen LogP contribution in [0.3, 0.4) is 0 Å². The summed E-state index contributed by atoms with van der Waals surface area (Å²) in [7, 11) is 0. The summed E-state index contributed by atoms with van der Waals surface area (Å²) in [6.45, 7) is 0. The Hall–Kier alpha value is -1.22. The van der Waals surface area contributed by atoms with Crippen molar-refractivity contribution in [3.8, 4) is 0 Å². The van der Waals surface area contributed by atoms with E-state index in [1.807, 2.05) is 12.2 Å². The summed E-state index contributed by atoms with van der Waals surface area (Å²) in [4.78, 5) is 23.3. The normalized spacial score (nSPS) is 48.8. The van der Waals surface area contributed by atoms with Crippen molar-refractivity contribution >= 4 is 11.6 Å². The van der Waals surface area contributed by atoms with Crippen LogP contribution in [0.1, 0.15) is 0 Å². The highest BCUT2D eigenvalue weighted by Crippen LogP contribution is 2.49. The van der Waals surface area contributed by atoms with Gasteiger partial charge in [-0.05, 0) is 12.2 Å². The first-order valence-corrected chi connectivity index (χ1v) is 4.90. The van der Waals surface area contributed by atoms with Gasteiger partial charge in [0.2, 0.25) is 0 Å². The van der Waals surface area contributed by atoms with Crippen LogP contribution in [0.2, 0.25) is 0 Å². The Kier molecular flexibility index (Phi) is 1.40. The second-order valence-corrected chi connectivity index (χ2v) is 4.31. The molecule has 0 radical (unpaired) electrons. The van der Waals surface area contributed by atoms with Gasteiger partial charge in [0.1, 0.15) is 0 Å². The van der Waals surface area contributed by atoms with Crippen molar-refractivity contribution in [2.45, 2.75) is 6.04 Å². The fourth-order valence-corrected chi connectivity index (χ4v) is 3.09. The minimum Gasteiger partial charge on any atom is -0.327 e. The van der Waals surface area contributed by atoms with Crippen LogP contribution in [-0.2, 0) is 9.59 Å². The number of allylic oxidation sites excluding steroid dienone is 2. The Morgan fingerprint density at radius 1 is 0.929 bits per heavy atom. The molecule has 4 unspecified atom stereocenters. The molecule has 3 nitrogen and oxygen atoms in total. The van der Waals surface area contributed by atoms with E-state index in [1.165, 1.54) is 12.2 Å². The molecule has 4 atom stereocenters. The van der Waals surface area contributed by atoms with Crippen LogP contribution >= 0.6 is 0 Å². The summed E-state index contributed by atoms with van der Waals surface area (Å²) in [5.74, 6) is -0.0170. The summed E-state index contributed by atoms with van der Waals surface area (Å²) in [5.41, 5.74) is 5.97. The molecule has 0 aliphatic heterocycles. The molecule has 3 aliphatic carbocycles. The van der Waals surface area contributed by atoms with Gasteiger partial charge in [0.15, 0.2) is 11.6 Å². The molecular formula is C11H11NO2. The Labute approximate surface area is 81.7 Å². The van der Waals surface area contributed by atoms with Gasteiger partial charge in [0.05, 0.1) is 0 Å². The van der Waals surface area contributed by atoms with Gasteiger partial charge in [0.25, 0.3) is 0 Å². The first-order valence-electron chi connectivity index (χ1n) is 4.90. The number of rotatable bonds is 0. The fraction of sp³-hybridized carbons (Fsp3) is 0.455. The number of ketones is 2. The first-order chi connectivity index (χ1) is 6.70. The number of hydrogen-bond acceptors (Lipinski definition) is 3. The van der Waals surface area contributed by atoms with Gasteiger partial charge in [-0.3, -0.25) is 9.59 Å². The van der Waals surface area contributed by atoms with Crippen LogP contribution in [0.5, 0.6) is 0 Å². The Morgan fingerprint density at radius 3 is 1.79 bits per heavy atom. The summed E-state index contributed by atoms with van der Waals surface area (Å²) in [6, 6.07) is -0.0298. The van der Waals surface area contributed by atoms with Crippen LogP contribution < -0.4 is 5.73 Å². The minimum absolute atomic E-state index is 0.0298. The topological polar surface area (TPSA) is 60.2 Å². The summed E-state index contributed by atoms with van der Waals surface area (Å²) in [6.07, 6.45) is 6.82. The van der Waals surface area contributed by atoms with Gasteiger partial charge in [0, 0.05) is 29.7 Å². The van der Waals surface area contributed by atoms with Gasteiger partial charge in [-0.15, -0.1) is 0 Å². The molecular weight excluding hydrogens is 178 g/mol. The van der Waals surface area contributed by atoms with Gasteiger partial charge in [-0.2, -0.15) is 0 Å². The molecule has 0 aromatic heterocycles. The van der Waals surface area contributed by atoms with Crippen LogP contribution in [0.15, 0.2) is 24.3 Å². The van der Waals surface area contributed by atoms with E-state index < -0.39 is 0 Å². The zero-order valence-electron chi connectivity index (χ0n) is 7.59. The van der Waals surface area contributed by atoms with E-state index >= 15 is 0 Å². The van der Waals surface area contributed by atoms with Crippen LogP contribution in [0.4, 0.5) is 0 Å². The van der Waals surface area contributed by atoms with Crippen molar-refractivity contribution in [3.63, 3.8) is 0 Å². The molecule has 2 N–H and O–H groups in total. The van der Waals surface area contributed by atoms with Crippen molar-refractivity contribution in [1.29, 1.82) is 0 Å². The lowest BCUT2D eigenvalue weighted by atomic mass is 9.75. The highest BCUT2D eigenvalue weighted by molar-refractivity contribution is 6.08. The molecule has 2 bridgehead atoms. The van der Waals surface area contributed by atoms with Crippen LogP contribution in [0, 0.1) is 23.7 Å². The van der Waals surface area contributed by atoms with Crippen molar-refractivity contribution in [3.05, 3.63) is 24.3 Å². The van der Waals surface area contributed by atoms with Gasteiger partial charge in [-0.25, -0.2) is 0 Å². The smallest absolute Gasteiger partial charge is 0.160 e. The van der Waals surface area contributed by atoms with Crippen molar-refractivity contribution in [2.24, 2.45) is 29.4 Å². The van der Waals surface area contributed by atoms with Crippen LogP contribution in [0.25, 0.3) is 0 Å². The molecule has 3 heteroatoms. The molecule has 0 spiro atoms. The first kappa shape index (κ1) is 8.12. The second kappa shape index (κ2) is 2.42. The fourth-order valence-electron chi connectivity index (χ4n) is 3.09. The lowest BCUT2D eigenvalue weighted by molar-refractivity contribution is -0.129. The van der Waals surface area contributed by atoms with Gasteiger partial charge < -0.3 is 5.73 Å². The van der Waals surface area contributed by atoms with E-state index in [0.29, 0.717) is 0 Å². The molecule has 3 rings (SSSR count). The van der Waals surface area contributed by atoms with E-state index in [9.17, 15) is 9.59 Å². The van der Waals surface area contributed by atoms with E-state index in [2.05, 4.69) is 0 Å². The third-order valence-corrected chi connectivity index (χ3v) is 3.73. The van der Waals surface area contributed by atoms with E-state index in [1.54, 1.807) is 0 Å². The van der Waals surface area contributed by atoms with Crippen molar-refractivity contribution in [1.82, 2.24) is 0 Å². The van der Waals surface area contributed by atoms with Crippen molar-refractivity contribution < 1.29 is 9.59 Å². The lowest BCUT2D eigenvalue weighted by Gasteiger charge is -2.25. The van der Waals surface area contributed by atoms with E-state index in [-0.39, 0.29) is 41.3 Å². The third-order valence-electron chi connectivity index (χ3n) is 3.73. The standard InChI is InChI=1S/C11H11NO2/c12-11-5-1-2-6(11)10-8(14)4-3-7(13)9(5)10/h1-6,9-11H,12H2. The maximum Gasteiger partial charge on any atom is 0.160 e. The largest absolute Gasteiger partial charge is 0.327 e. The summed E-state index contributed by atoms with van der Waals surface area (Å²) in [5, 5.41) is 0. The zero-order chi connectivity index (χ0) is 9.87.